The number of nitrogens with zero attached hydrogens (tertiary/aromatic N) is 1. The SMILES string of the molecule is O=C1OC[C@@](O)(C(=O)N2CCNCC2)OC1=O. The third-order valence-corrected chi connectivity index (χ3v) is 2.57. The average molecular weight is 244 g/mol. The van der Waals surface area contributed by atoms with Gasteiger partial charge in [-0.3, -0.25) is 4.79 Å². The van der Waals surface area contributed by atoms with Crippen LogP contribution in [0, 0.1) is 0 Å². The molecule has 1 atom stereocenters. The molecule has 0 aromatic heterocycles. The van der Waals surface area contributed by atoms with Crippen molar-refractivity contribution in [1.29, 1.82) is 0 Å². The highest BCUT2D eigenvalue weighted by Crippen LogP contribution is 2.17. The van der Waals surface area contributed by atoms with E-state index in [9.17, 15) is 19.5 Å². The van der Waals surface area contributed by atoms with E-state index in [1.165, 1.54) is 4.90 Å². The van der Waals surface area contributed by atoms with Crippen LogP contribution in [0.5, 0.6) is 0 Å². The molecule has 2 N–H and O–H groups in total. The van der Waals surface area contributed by atoms with E-state index in [0.29, 0.717) is 26.2 Å². The topological polar surface area (TPSA) is 105 Å². The zero-order valence-electron chi connectivity index (χ0n) is 8.97. The van der Waals surface area contributed by atoms with Gasteiger partial charge in [-0.2, -0.15) is 0 Å². The van der Waals surface area contributed by atoms with Gasteiger partial charge in [0, 0.05) is 26.2 Å². The molecule has 2 heterocycles. The molecule has 0 aromatic rings. The minimum Gasteiger partial charge on any atom is -0.450 e. The second-order valence-corrected chi connectivity index (χ2v) is 3.79. The highest BCUT2D eigenvalue weighted by Gasteiger charge is 2.50. The maximum Gasteiger partial charge on any atom is 0.420 e. The lowest BCUT2D eigenvalue weighted by molar-refractivity contribution is -0.247. The van der Waals surface area contributed by atoms with Crippen LogP contribution in [0.25, 0.3) is 0 Å². The molecule has 2 rings (SSSR count). The van der Waals surface area contributed by atoms with E-state index in [0.717, 1.165) is 0 Å². The number of rotatable bonds is 1. The molecule has 2 saturated heterocycles. The predicted octanol–water partition coefficient (Wildman–Crippen LogP) is -2.79. The van der Waals surface area contributed by atoms with Gasteiger partial charge in [0.05, 0.1) is 0 Å². The van der Waals surface area contributed by atoms with Gasteiger partial charge < -0.3 is 24.8 Å². The van der Waals surface area contributed by atoms with Crippen LogP contribution in [0.4, 0.5) is 0 Å². The molecule has 0 aromatic carbocycles. The Morgan fingerprint density at radius 2 is 1.94 bits per heavy atom. The lowest BCUT2D eigenvalue weighted by Gasteiger charge is -2.35. The Kier molecular flexibility index (Phi) is 2.99. The molecule has 0 saturated carbocycles. The van der Waals surface area contributed by atoms with Gasteiger partial charge in [-0.15, -0.1) is 0 Å². The van der Waals surface area contributed by atoms with Gasteiger partial charge in [0.25, 0.3) is 5.91 Å². The molecule has 0 radical (unpaired) electrons. The Morgan fingerprint density at radius 3 is 2.53 bits per heavy atom. The van der Waals surface area contributed by atoms with Gasteiger partial charge in [-0.1, -0.05) is 0 Å². The van der Waals surface area contributed by atoms with Crippen LogP contribution in [0.3, 0.4) is 0 Å². The summed E-state index contributed by atoms with van der Waals surface area (Å²) in [7, 11) is 0. The number of ether oxygens (including phenoxy) is 2. The molecule has 94 valence electrons. The molecule has 2 fully saturated rings. The summed E-state index contributed by atoms with van der Waals surface area (Å²) in [6.45, 7) is 1.31. The van der Waals surface area contributed by atoms with Crippen molar-refractivity contribution in [3.8, 4) is 0 Å². The van der Waals surface area contributed by atoms with Crippen molar-refractivity contribution < 1.29 is 29.0 Å². The molecule has 8 heteroatoms. The van der Waals surface area contributed by atoms with Crippen molar-refractivity contribution in [2.45, 2.75) is 5.79 Å². The van der Waals surface area contributed by atoms with E-state index in [4.69, 9.17) is 0 Å². The van der Waals surface area contributed by atoms with Crippen molar-refractivity contribution in [2.24, 2.45) is 0 Å². The molecule has 17 heavy (non-hydrogen) atoms. The normalized spacial score (nSPS) is 29.6. The summed E-state index contributed by atoms with van der Waals surface area (Å²) in [6.07, 6.45) is 0. The first kappa shape index (κ1) is 11.8. The number of carbonyl (C=O) groups is 3. The number of hydrogen-bond acceptors (Lipinski definition) is 7. The quantitative estimate of drug-likeness (QED) is 0.379. The Labute approximate surface area is 96.5 Å². The minimum absolute atomic E-state index is 0.395. The Hall–Kier alpha value is -1.67. The third kappa shape index (κ3) is 2.22. The molecule has 0 bridgehead atoms. The third-order valence-electron chi connectivity index (χ3n) is 2.57. The summed E-state index contributed by atoms with van der Waals surface area (Å²) < 4.78 is 8.82. The summed E-state index contributed by atoms with van der Waals surface area (Å²) in [4.78, 5) is 35.0. The van der Waals surface area contributed by atoms with Crippen molar-refractivity contribution in [2.75, 3.05) is 32.8 Å². The Bertz CT molecular complexity index is 364. The monoisotopic (exact) mass is 244 g/mol. The highest BCUT2D eigenvalue weighted by molar-refractivity contribution is 6.30. The van der Waals surface area contributed by atoms with Gasteiger partial charge >= 0.3 is 17.7 Å². The predicted molar refractivity (Wildman–Crippen MR) is 51.5 cm³/mol. The summed E-state index contributed by atoms with van der Waals surface area (Å²) in [5.74, 6) is -5.72. The second-order valence-electron chi connectivity index (χ2n) is 3.79. The summed E-state index contributed by atoms with van der Waals surface area (Å²) >= 11 is 0. The number of cyclic esters (lactones) is 2. The number of nitrogens with one attached hydrogen (secondary N) is 1. The number of amides is 1. The lowest BCUT2D eigenvalue weighted by Crippen LogP contribution is -2.61. The van der Waals surface area contributed by atoms with Crippen LogP contribution in [0.2, 0.25) is 0 Å². The summed E-state index contributed by atoms with van der Waals surface area (Å²) in [5.41, 5.74) is 0. The van der Waals surface area contributed by atoms with Gasteiger partial charge in [-0.25, -0.2) is 9.59 Å². The largest absolute Gasteiger partial charge is 0.450 e. The van der Waals surface area contributed by atoms with Gasteiger partial charge in [0.15, 0.2) is 6.61 Å². The van der Waals surface area contributed by atoms with E-state index in [-0.39, 0.29) is 0 Å². The van der Waals surface area contributed by atoms with Crippen LogP contribution >= 0.6 is 0 Å². The molecule has 0 aliphatic carbocycles. The van der Waals surface area contributed by atoms with Crippen molar-refractivity contribution >= 4 is 17.8 Å². The average Bonchev–Trinajstić information content (AvgIpc) is 2.34. The van der Waals surface area contributed by atoms with E-state index < -0.39 is 30.2 Å². The number of esters is 2. The van der Waals surface area contributed by atoms with Crippen molar-refractivity contribution in [3.05, 3.63) is 0 Å². The molecule has 1 amide bonds. The second kappa shape index (κ2) is 4.30. The van der Waals surface area contributed by atoms with Crippen molar-refractivity contribution in [3.63, 3.8) is 0 Å². The van der Waals surface area contributed by atoms with Gasteiger partial charge in [0.1, 0.15) is 0 Å². The molecule has 0 unspecified atom stereocenters. The van der Waals surface area contributed by atoms with E-state index >= 15 is 0 Å². The molecular formula is C9H12N2O6. The first-order valence-corrected chi connectivity index (χ1v) is 5.15. The van der Waals surface area contributed by atoms with Crippen LogP contribution in [-0.2, 0) is 23.9 Å². The highest BCUT2D eigenvalue weighted by atomic mass is 16.7. The first-order chi connectivity index (χ1) is 8.03. The standard InChI is InChI=1S/C9H12N2O6/c12-6-7(13)17-9(15,5-16-6)8(14)11-3-1-10-2-4-11/h10,15H,1-5H2/t9-/m0/s1. The first-order valence-electron chi connectivity index (χ1n) is 5.15. The fourth-order valence-electron chi connectivity index (χ4n) is 1.67. The molecule has 2 aliphatic rings. The van der Waals surface area contributed by atoms with E-state index in [1.807, 2.05) is 0 Å². The molecule has 2 aliphatic heterocycles. The summed E-state index contributed by atoms with van der Waals surface area (Å²) in [5, 5.41) is 12.9. The van der Waals surface area contributed by atoms with E-state index in [1.54, 1.807) is 0 Å². The summed E-state index contributed by atoms with van der Waals surface area (Å²) in [6, 6.07) is 0. The van der Waals surface area contributed by atoms with Gasteiger partial charge in [0.2, 0.25) is 0 Å². The Balaban J connectivity index is 2.07. The van der Waals surface area contributed by atoms with Crippen molar-refractivity contribution in [1.82, 2.24) is 10.2 Å². The van der Waals surface area contributed by atoms with Gasteiger partial charge in [-0.05, 0) is 0 Å². The smallest absolute Gasteiger partial charge is 0.420 e. The van der Waals surface area contributed by atoms with Crippen LogP contribution in [0.15, 0.2) is 0 Å². The number of aliphatic hydroxyl groups is 1. The maximum absolute atomic E-state index is 11.9. The minimum atomic E-state index is -2.39. The fraction of sp³-hybridized carbons (Fsp3) is 0.667. The number of carbonyl (C=O) groups excluding carboxylic acids is 3. The number of piperazine rings is 1. The van der Waals surface area contributed by atoms with Crippen LogP contribution < -0.4 is 5.32 Å². The van der Waals surface area contributed by atoms with E-state index in [2.05, 4.69) is 14.8 Å². The number of hydrogen-bond donors (Lipinski definition) is 2. The van der Waals surface area contributed by atoms with Crippen LogP contribution in [-0.4, -0.2) is 66.4 Å². The zero-order chi connectivity index (χ0) is 12.5. The lowest BCUT2D eigenvalue weighted by atomic mass is 10.2. The Morgan fingerprint density at radius 1 is 1.29 bits per heavy atom. The molecular weight excluding hydrogens is 232 g/mol. The van der Waals surface area contributed by atoms with Crippen LogP contribution in [0.1, 0.15) is 0 Å². The molecule has 0 spiro atoms. The fourth-order valence-corrected chi connectivity index (χ4v) is 1.67. The maximum atomic E-state index is 11.9. The zero-order valence-corrected chi connectivity index (χ0v) is 8.97. The molecule has 8 nitrogen and oxygen atoms in total.